The van der Waals surface area contributed by atoms with Gasteiger partial charge in [-0.25, -0.2) is 0 Å². The van der Waals surface area contributed by atoms with Crippen molar-refractivity contribution in [3.8, 4) is 11.1 Å². The third-order valence-corrected chi connectivity index (χ3v) is 3.34. The second-order valence-electron chi connectivity index (χ2n) is 4.24. The Kier molecular flexibility index (Phi) is 4.22. The van der Waals surface area contributed by atoms with E-state index in [2.05, 4.69) is 37.3 Å². The summed E-state index contributed by atoms with van der Waals surface area (Å²) in [5.41, 5.74) is 3.80. The number of unbranched alkanes of at least 4 members (excludes halogenated alkanes) is 1. The molecule has 88 valence electrons. The van der Waals surface area contributed by atoms with E-state index in [9.17, 15) is 0 Å². The quantitative estimate of drug-likeness (QED) is 0.680. The highest BCUT2D eigenvalue weighted by Gasteiger charge is 2.07. The molecule has 0 saturated heterocycles. The van der Waals surface area contributed by atoms with Crippen molar-refractivity contribution in [2.24, 2.45) is 0 Å². The van der Waals surface area contributed by atoms with Gasteiger partial charge in [-0.2, -0.15) is 0 Å². The average molecular weight is 245 g/mol. The molecule has 0 saturated carbocycles. The first-order chi connectivity index (χ1) is 8.33. The minimum absolute atomic E-state index is 0.889. The molecule has 0 heterocycles. The Morgan fingerprint density at radius 1 is 0.941 bits per heavy atom. The van der Waals surface area contributed by atoms with Crippen LogP contribution in [0.15, 0.2) is 48.5 Å². The van der Waals surface area contributed by atoms with Crippen LogP contribution in [0.3, 0.4) is 0 Å². The fourth-order valence-corrected chi connectivity index (χ4v) is 2.32. The van der Waals surface area contributed by atoms with Gasteiger partial charge in [0.1, 0.15) is 0 Å². The summed E-state index contributed by atoms with van der Waals surface area (Å²) in [7, 11) is 0. The third kappa shape index (κ3) is 2.89. The molecule has 0 nitrogen and oxygen atoms in total. The third-order valence-electron chi connectivity index (χ3n) is 2.98. The second kappa shape index (κ2) is 5.88. The molecule has 0 aliphatic rings. The summed E-state index contributed by atoms with van der Waals surface area (Å²) in [6, 6.07) is 16.6. The van der Waals surface area contributed by atoms with Crippen LogP contribution in [0.5, 0.6) is 0 Å². The van der Waals surface area contributed by atoms with Crippen molar-refractivity contribution in [3.05, 3.63) is 59.1 Å². The predicted octanol–water partition coefficient (Wildman–Crippen LogP) is 5.35. The van der Waals surface area contributed by atoms with E-state index >= 15 is 0 Å². The normalized spacial score (nSPS) is 10.5. The van der Waals surface area contributed by atoms with E-state index in [4.69, 9.17) is 11.6 Å². The van der Waals surface area contributed by atoms with Crippen molar-refractivity contribution < 1.29 is 0 Å². The molecule has 0 aliphatic heterocycles. The molecule has 0 N–H and O–H groups in total. The zero-order valence-electron chi connectivity index (χ0n) is 10.1. The van der Waals surface area contributed by atoms with Crippen molar-refractivity contribution in [1.29, 1.82) is 0 Å². The lowest BCUT2D eigenvalue weighted by Gasteiger charge is -2.11. The van der Waals surface area contributed by atoms with Crippen molar-refractivity contribution in [2.45, 2.75) is 26.2 Å². The highest BCUT2D eigenvalue weighted by Crippen LogP contribution is 2.30. The second-order valence-corrected chi connectivity index (χ2v) is 4.64. The summed E-state index contributed by atoms with van der Waals surface area (Å²) in [6.45, 7) is 2.21. The monoisotopic (exact) mass is 244 g/mol. The summed E-state index contributed by atoms with van der Waals surface area (Å²) in [5, 5.41) is 0.889. The van der Waals surface area contributed by atoms with E-state index < -0.39 is 0 Å². The number of hydrogen-bond donors (Lipinski definition) is 0. The first-order valence-electron chi connectivity index (χ1n) is 6.15. The molecule has 0 unspecified atom stereocenters. The Balaban J connectivity index is 2.43. The number of halogens is 1. The van der Waals surface area contributed by atoms with Gasteiger partial charge in [-0.15, -0.1) is 0 Å². The topological polar surface area (TPSA) is 0 Å². The summed E-state index contributed by atoms with van der Waals surface area (Å²) in [5.74, 6) is 0. The maximum absolute atomic E-state index is 6.32. The molecule has 2 aromatic carbocycles. The number of rotatable bonds is 4. The molecule has 0 spiro atoms. The maximum Gasteiger partial charge on any atom is 0.0444 e. The van der Waals surface area contributed by atoms with E-state index in [1.54, 1.807) is 0 Å². The fraction of sp³-hybridized carbons (Fsp3) is 0.250. The Labute approximate surface area is 108 Å². The number of hydrogen-bond acceptors (Lipinski definition) is 0. The van der Waals surface area contributed by atoms with Crippen molar-refractivity contribution in [2.75, 3.05) is 0 Å². The van der Waals surface area contributed by atoms with Crippen molar-refractivity contribution in [1.82, 2.24) is 0 Å². The van der Waals surface area contributed by atoms with E-state index in [-0.39, 0.29) is 0 Å². The van der Waals surface area contributed by atoms with Crippen LogP contribution in [-0.2, 0) is 6.42 Å². The van der Waals surface area contributed by atoms with Gasteiger partial charge in [0, 0.05) is 5.02 Å². The molecule has 0 atom stereocenters. The van der Waals surface area contributed by atoms with Gasteiger partial charge in [-0.1, -0.05) is 67.4 Å². The van der Waals surface area contributed by atoms with Crippen molar-refractivity contribution >= 4 is 11.6 Å². The summed E-state index contributed by atoms with van der Waals surface area (Å²) in [4.78, 5) is 0. The molecule has 0 amide bonds. The standard InChI is InChI=1S/C16H17Cl/c1-2-3-10-15-14(11-7-12-16(15)17)13-8-5-4-6-9-13/h4-9,11-12H,2-3,10H2,1H3. The lowest BCUT2D eigenvalue weighted by atomic mass is 9.96. The molecule has 0 radical (unpaired) electrons. The first-order valence-corrected chi connectivity index (χ1v) is 6.53. The molecule has 0 aliphatic carbocycles. The van der Waals surface area contributed by atoms with E-state index in [1.807, 2.05) is 18.2 Å². The highest BCUT2D eigenvalue weighted by atomic mass is 35.5. The largest absolute Gasteiger partial charge is 0.0840 e. The molecule has 0 bridgehead atoms. The van der Waals surface area contributed by atoms with Gasteiger partial charge in [0.25, 0.3) is 0 Å². The zero-order chi connectivity index (χ0) is 12.1. The Morgan fingerprint density at radius 2 is 1.71 bits per heavy atom. The van der Waals surface area contributed by atoms with Gasteiger partial charge in [-0.05, 0) is 35.6 Å². The van der Waals surface area contributed by atoms with Crippen LogP contribution in [0.1, 0.15) is 25.3 Å². The summed E-state index contributed by atoms with van der Waals surface area (Å²) < 4.78 is 0. The molecule has 0 fully saturated rings. The maximum atomic E-state index is 6.32. The van der Waals surface area contributed by atoms with Crippen molar-refractivity contribution in [3.63, 3.8) is 0 Å². The molecular weight excluding hydrogens is 228 g/mol. The van der Waals surface area contributed by atoms with Crippen LogP contribution in [-0.4, -0.2) is 0 Å². The molecule has 2 rings (SSSR count). The van der Waals surface area contributed by atoms with Crippen LogP contribution in [0, 0.1) is 0 Å². The van der Waals surface area contributed by atoms with E-state index in [0.717, 1.165) is 11.4 Å². The van der Waals surface area contributed by atoms with Crippen LogP contribution >= 0.6 is 11.6 Å². The molecule has 1 heteroatoms. The Hall–Kier alpha value is -1.27. The SMILES string of the molecule is CCCCc1c(Cl)cccc1-c1ccccc1. The van der Waals surface area contributed by atoms with Gasteiger partial charge < -0.3 is 0 Å². The summed E-state index contributed by atoms with van der Waals surface area (Å²) >= 11 is 6.32. The predicted molar refractivity (Wildman–Crippen MR) is 75.5 cm³/mol. The number of benzene rings is 2. The smallest absolute Gasteiger partial charge is 0.0444 e. The van der Waals surface area contributed by atoms with Gasteiger partial charge in [0.05, 0.1) is 0 Å². The zero-order valence-corrected chi connectivity index (χ0v) is 10.9. The fourth-order valence-electron chi connectivity index (χ4n) is 2.05. The molecule has 17 heavy (non-hydrogen) atoms. The van der Waals surface area contributed by atoms with Crippen LogP contribution in [0.2, 0.25) is 5.02 Å². The van der Waals surface area contributed by atoms with Gasteiger partial charge in [0.2, 0.25) is 0 Å². The first kappa shape index (κ1) is 12.2. The van der Waals surface area contributed by atoms with Crippen LogP contribution in [0.25, 0.3) is 11.1 Å². The average Bonchev–Trinajstić information content (AvgIpc) is 2.38. The van der Waals surface area contributed by atoms with Crippen LogP contribution < -0.4 is 0 Å². The van der Waals surface area contributed by atoms with Gasteiger partial charge in [0.15, 0.2) is 0 Å². The minimum Gasteiger partial charge on any atom is -0.0840 e. The summed E-state index contributed by atoms with van der Waals surface area (Å²) in [6.07, 6.45) is 3.43. The Morgan fingerprint density at radius 3 is 2.41 bits per heavy atom. The van der Waals surface area contributed by atoms with E-state index in [0.29, 0.717) is 0 Å². The molecule has 0 aromatic heterocycles. The lowest BCUT2D eigenvalue weighted by molar-refractivity contribution is 0.796. The Bertz CT molecular complexity index is 474. The molecule has 2 aromatic rings. The van der Waals surface area contributed by atoms with Gasteiger partial charge in [-0.3, -0.25) is 0 Å². The van der Waals surface area contributed by atoms with Crippen LogP contribution in [0.4, 0.5) is 0 Å². The minimum atomic E-state index is 0.889. The molecular formula is C16H17Cl. The van der Waals surface area contributed by atoms with E-state index in [1.165, 1.54) is 29.5 Å². The lowest BCUT2D eigenvalue weighted by Crippen LogP contribution is -1.91. The van der Waals surface area contributed by atoms with Gasteiger partial charge >= 0.3 is 0 Å². The highest BCUT2D eigenvalue weighted by molar-refractivity contribution is 6.31.